The van der Waals surface area contributed by atoms with Crippen LogP contribution in [0.25, 0.3) is 0 Å². The number of likely N-dealkylation sites (tertiary alicyclic amines) is 1. The first-order valence-corrected chi connectivity index (χ1v) is 22.2. The van der Waals surface area contributed by atoms with E-state index in [2.05, 4.69) is 10.6 Å². The van der Waals surface area contributed by atoms with E-state index in [1.165, 1.54) is 34.8 Å². The molecule has 2 aliphatic heterocycles. The second-order valence-electron chi connectivity index (χ2n) is 14.9. The molecule has 0 aromatic heterocycles. The largest absolute Gasteiger partial charge is 0.484 e. The maximum absolute atomic E-state index is 13.8. The van der Waals surface area contributed by atoms with Crippen molar-refractivity contribution >= 4 is 57.3 Å². The Morgan fingerprint density at radius 3 is 2.28 bits per heavy atom. The molecule has 2 aromatic rings. The minimum atomic E-state index is -1.24. The summed E-state index contributed by atoms with van der Waals surface area (Å²) in [7, 11) is 3.37. The molecular weight excluding hydrogens is 773 g/mol. The molecule has 2 aliphatic rings. The van der Waals surface area contributed by atoms with Crippen LogP contribution in [0, 0.1) is 18.8 Å². The van der Waals surface area contributed by atoms with E-state index in [9.17, 15) is 28.8 Å². The van der Waals surface area contributed by atoms with Crippen molar-refractivity contribution in [3.05, 3.63) is 59.7 Å². The Hall–Kier alpha value is -4.44. The Bertz CT molecular complexity index is 1660. The molecule has 1 unspecified atom stereocenters. The Morgan fingerprint density at radius 1 is 0.912 bits per heavy atom. The van der Waals surface area contributed by atoms with Crippen LogP contribution >= 0.6 is 10.8 Å². The number of nitrogens with zero attached hydrogens (tertiary/aromatic N) is 1. The number of nitrogens with one attached hydrogen (secondary N) is 2. The Kier molecular flexibility index (Phi) is 18.3. The number of carbonyl (C=O) groups excluding carboxylic acids is 6. The van der Waals surface area contributed by atoms with Crippen molar-refractivity contribution in [2.75, 3.05) is 25.4 Å². The van der Waals surface area contributed by atoms with Crippen LogP contribution in [0.15, 0.2) is 48.5 Å². The number of piperidine rings is 1. The quantitative estimate of drug-likeness (QED) is 0.0424. The van der Waals surface area contributed by atoms with E-state index < -0.39 is 48.2 Å². The van der Waals surface area contributed by atoms with Gasteiger partial charge in [-0.25, -0.2) is 9.59 Å². The number of amides is 4. The third-order valence-electron chi connectivity index (χ3n) is 9.64. The molecule has 0 aliphatic carbocycles. The van der Waals surface area contributed by atoms with Crippen molar-refractivity contribution in [2.24, 2.45) is 17.6 Å². The molecule has 0 bridgehead atoms. The summed E-state index contributed by atoms with van der Waals surface area (Å²) in [5, 5.41) is 6.13. The number of unbranched alkanes of at least 4 members (excludes halogenated alkanes) is 1. The highest BCUT2D eigenvalue weighted by Gasteiger charge is 2.31. The maximum atomic E-state index is 13.8. The minimum absolute atomic E-state index is 0.00416. The van der Waals surface area contributed by atoms with E-state index in [0.29, 0.717) is 48.9 Å². The molecule has 16 heteroatoms. The molecule has 4 rings (SSSR count). The topological polar surface area (TPSA) is 193 Å². The summed E-state index contributed by atoms with van der Waals surface area (Å²) in [6.07, 6.45) is 3.43. The maximum Gasteiger partial charge on any atom is 0.415 e. The van der Waals surface area contributed by atoms with Crippen LogP contribution in [0.3, 0.4) is 0 Å². The molecule has 2 saturated heterocycles. The predicted octanol–water partition coefficient (Wildman–Crippen LogP) is 4.56. The summed E-state index contributed by atoms with van der Waals surface area (Å²) in [5.74, 6) is -1.07. The zero-order valence-electron chi connectivity index (χ0n) is 33.2. The predicted molar refractivity (Wildman–Crippen MR) is 219 cm³/mol. The van der Waals surface area contributed by atoms with Crippen LogP contribution in [0.5, 0.6) is 11.5 Å². The number of aryl methyl sites for hydroxylation is 1. The molecule has 4 N–H and O–H groups in total. The number of nitrogens with two attached hydrogens (primary N) is 1. The van der Waals surface area contributed by atoms with E-state index in [1.807, 2.05) is 43.7 Å². The van der Waals surface area contributed by atoms with Crippen molar-refractivity contribution < 1.29 is 47.7 Å². The number of benzene rings is 2. The van der Waals surface area contributed by atoms with E-state index in [0.717, 1.165) is 18.4 Å². The molecule has 2 fully saturated rings. The summed E-state index contributed by atoms with van der Waals surface area (Å²) < 4.78 is 22.2. The van der Waals surface area contributed by atoms with Crippen molar-refractivity contribution in [1.29, 1.82) is 0 Å². The van der Waals surface area contributed by atoms with Crippen LogP contribution in [0.4, 0.5) is 4.79 Å². The third kappa shape index (κ3) is 15.8. The van der Waals surface area contributed by atoms with Gasteiger partial charge in [0.2, 0.25) is 18.1 Å². The molecule has 0 saturated carbocycles. The molecule has 0 radical (unpaired) electrons. The monoisotopic (exact) mass is 829 g/mol. The molecule has 4 atom stereocenters. The number of esters is 2. The fourth-order valence-electron chi connectivity index (χ4n) is 6.47. The lowest BCUT2D eigenvalue weighted by molar-refractivity contribution is -0.186. The van der Waals surface area contributed by atoms with Gasteiger partial charge >= 0.3 is 18.0 Å². The van der Waals surface area contributed by atoms with E-state index in [4.69, 9.17) is 24.7 Å². The zero-order chi connectivity index (χ0) is 41.3. The van der Waals surface area contributed by atoms with Crippen LogP contribution in [0.1, 0.15) is 83.3 Å². The van der Waals surface area contributed by atoms with Gasteiger partial charge in [0, 0.05) is 56.0 Å². The summed E-state index contributed by atoms with van der Waals surface area (Å²) in [6, 6.07) is 11.5. The molecule has 14 nitrogen and oxygen atoms in total. The fourth-order valence-corrected chi connectivity index (χ4v) is 9.77. The first-order chi connectivity index (χ1) is 27.3. The number of hydrogen-bond acceptors (Lipinski definition) is 11. The average molecular weight is 830 g/mol. The highest BCUT2D eigenvalue weighted by molar-refractivity contribution is 8.67. The van der Waals surface area contributed by atoms with Gasteiger partial charge in [0.15, 0.2) is 6.61 Å². The number of rotatable bonds is 20. The molecule has 2 heterocycles. The first-order valence-electron chi connectivity index (χ1n) is 19.6. The summed E-state index contributed by atoms with van der Waals surface area (Å²) in [6.45, 7) is 7.49. The highest BCUT2D eigenvalue weighted by Crippen LogP contribution is 2.29. The summed E-state index contributed by atoms with van der Waals surface area (Å²) in [4.78, 5) is 78.8. The summed E-state index contributed by atoms with van der Waals surface area (Å²) >= 11 is 0. The Morgan fingerprint density at radius 2 is 1.63 bits per heavy atom. The molecule has 4 amide bonds. The van der Waals surface area contributed by atoms with Crippen molar-refractivity contribution in [3.63, 3.8) is 0 Å². The number of thiol groups is 1. The second-order valence-corrected chi connectivity index (χ2v) is 17.8. The zero-order valence-corrected chi connectivity index (χ0v) is 34.9. The number of primary amides is 1. The molecule has 0 spiro atoms. The fraction of sp³-hybridized carbons (Fsp3) is 0.561. The number of para-hydroxylation sites is 1. The van der Waals surface area contributed by atoms with Crippen LogP contribution in [-0.4, -0.2) is 89.7 Å². The lowest BCUT2D eigenvalue weighted by atomic mass is 9.97. The van der Waals surface area contributed by atoms with Gasteiger partial charge in [-0.05, 0) is 74.3 Å². The normalized spacial score (nSPS) is 17.2. The first kappa shape index (κ1) is 45.3. The molecular formula is C41H57N4O10S2+. The molecule has 312 valence electrons. The standard InChI is InChI=1S/C41H56N4O10S2/c1-26(2)23-33(43-36(46)25-52-35-11-7-5-9-27(35)3)39(49)44-34(40(50)54-28(4)53-37(47)12-8-6-10-32-19-22-56-57-32)24-29-13-15-31(16-14-29)55-41(51)45-20-17-30(18-21-45)38(42)48/h5,7,9,11,13-16,26,28,30,32-34H,6,8,10,12,17-25H2,1-4H3,(H2,42,48)(H,43,46)(H,44,49)/p+1/t28?,32-,33+,34+/m1/s1. The van der Waals surface area contributed by atoms with Gasteiger partial charge in [-0.2, -0.15) is 0 Å². The Labute approximate surface area is 342 Å². The van der Waals surface area contributed by atoms with Crippen molar-refractivity contribution in [2.45, 2.75) is 109 Å². The lowest BCUT2D eigenvalue weighted by Crippen LogP contribution is -2.54. The van der Waals surface area contributed by atoms with Gasteiger partial charge < -0.3 is 40.2 Å². The van der Waals surface area contributed by atoms with Crippen LogP contribution < -0.4 is 25.8 Å². The number of carbonyl (C=O) groups is 6. The van der Waals surface area contributed by atoms with Gasteiger partial charge in [0.1, 0.15) is 29.3 Å². The lowest BCUT2D eigenvalue weighted by Gasteiger charge is -2.29. The molecule has 57 heavy (non-hydrogen) atoms. The van der Waals surface area contributed by atoms with Gasteiger partial charge in [-0.3, -0.25) is 19.2 Å². The SMILES string of the molecule is Cc1ccccc1OCC(=O)N[C@@H](CC(C)C)C(=O)N[C@@H](Cc1ccc(OC(=O)N2CCC(C(N)=O)CC2)cc1)C(=O)OC(C)OC(=O)CCCC[C@@H]1CC[SH+]S1. The Balaban J connectivity index is 1.39. The van der Waals surface area contributed by atoms with Crippen LogP contribution in [0.2, 0.25) is 0 Å². The van der Waals surface area contributed by atoms with E-state index in [1.54, 1.807) is 36.4 Å². The van der Waals surface area contributed by atoms with Gasteiger partial charge in [-0.1, -0.05) is 50.6 Å². The van der Waals surface area contributed by atoms with Crippen molar-refractivity contribution in [1.82, 2.24) is 15.5 Å². The van der Waals surface area contributed by atoms with Crippen molar-refractivity contribution in [3.8, 4) is 11.5 Å². The van der Waals surface area contributed by atoms with Gasteiger partial charge in [0.05, 0.1) is 16.0 Å². The second kappa shape index (κ2) is 23.1. The smallest absolute Gasteiger partial charge is 0.415 e. The number of ether oxygens (including phenoxy) is 4. The van der Waals surface area contributed by atoms with Gasteiger partial charge in [-0.15, -0.1) is 0 Å². The number of hydrogen-bond donors (Lipinski definition) is 3. The molecule has 2 aromatic carbocycles. The van der Waals surface area contributed by atoms with Crippen LogP contribution in [-0.2, 0) is 50.7 Å². The van der Waals surface area contributed by atoms with E-state index in [-0.39, 0.29) is 49.4 Å². The van der Waals surface area contributed by atoms with Gasteiger partial charge in [0.25, 0.3) is 5.91 Å². The third-order valence-corrected chi connectivity index (χ3v) is 12.9. The minimum Gasteiger partial charge on any atom is -0.484 e. The summed E-state index contributed by atoms with van der Waals surface area (Å²) in [5.41, 5.74) is 6.86. The highest BCUT2D eigenvalue weighted by atomic mass is 33.1. The van der Waals surface area contributed by atoms with E-state index >= 15 is 0 Å². The average Bonchev–Trinajstić information content (AvgIpc) is 3.70.